The maximum Gasteiger partial charge on any atom is 0.412 e. The second-order valence-electron chi connectivity index (χ2n) is 3.84. The first-order chi connectivity index (χ1) is 9.53. The smallest absolute Gasteiger partial charge is 0.412 e. The van der Waals surface area contributed by atoms with E-state index in [1.165, 1.54) is 0 Å². The van der Waals surface area contributed by atoms with Gasteiger partial charge >= 0.3 is 6.09 Å². The second-order valence-corrected chi connectivity index (χ2v) is 8.96. The molecule has 10 heteroatoms. The number of hydrogen-bond acceptors (Lipinski definition) is 2. The lowest BCUT2D eigenvalue weighted by molar-refractivity contribution is 0.0447. The van der Waals surface area contributed by atoms with Crippen LogP contribution in [-0.4, -0.2) is 24.6 Å². The molecule has 0 aliphatic heterocycles. The average Bonchev–Trinajstić information content (AvgIpc) is 2.34. The van der Waals surface area contributed by atoms with Gasteiger partial charge in [0, 0.05) is 5.69 Å². The number of benzene rings is 1. The normalized spacial score (nSPS) is 12.9. The van der Waals surface area contributed by atoms with Gasteiger partial charge in [0.2, 0.25) is 13.2 Å². The number of carbonyl (C=O) groups excluding carboxylic acids is 1. The quantitative estimate of drug-likeness (QED) is 0.532. The van der Waals surface area contributed by atoms with Crippen LogP contribution in [0.5, 0.6) is 0 Å². The molecule has 0 aliphatic rings. The zero-order valence-corrected chi connectivity index (χ0v) is 16.2. The molecule has 1 amide bonds. The molecule has 118 valence electrons. The van der Waals surface area contributed by atoms with E-state index in [-0.39, 0.29) is 5.33 Å². The number of alkyl halides is 7. The fraction of sp³-hybridized carbons (Fsp3) is 0.364. The molecule has 3 nitrogen and oxygen atoms in total. The Hall–Kier alpha value is 0.710. The first kappa shape index (κ1) is 19.8. The van der Waals surface area contributed by atoms with Gasteiger partial charge < -0.3 is 4.74 Å². The molecule has 0 atom stereocenters. The molecule has 0 radical (unpaired) electrons. The van der Waals surface area contributed by atoms with E-state index in [0.29, 0.717) is 5.69 Å². The highest BCUT2D eigenvalue weighted by Gasteiger charge is 2.64. The number of para-hydroxylation sites is 1. The Morgan fingerprint density at radius 1 is 1.05 bits per heavy atom. The second kappa shape index (κ2) is 7.52. The van der Waals surface area contributed by atoms with Crippen molar-refractivity contribution >= 4 is 97.3 Å². The lowest BCUT2D eigenvalue weighted by Gasteiger charge is -2.41. The van der Waals surface area contributed by atoms with Gasteiger partial charge in [-0.1, -0.05) is 104 Å². The van der Waals surface area contributed by atoms with Crippen LogP contribution in [-0.2, 0) is 4.74 Å². The van der Waals surface area contributed by atoms with E-state index in [1.807, 2.05) is 0 Å². The van der Waals surface area contributed by atoms with E-state index in [9.17, 15) is 4.79 Å². The summed E-state index contributed by atoms with van der Waals surface area (Å²) in [5.41, 5.74) is -1.56. The summed E-state index contributed by atoms with van der Waals surface area (Å²) in [6.07, 6.45) is -0.932. The van der Waals surface area contributed by atoms with Gasteiger partial charge in [-0.3, -0.25) is 5.32 Å². The van der Waals surface area contributed by atoms with E-state index < -0.39 is 19.3 Å². The number of rotatable bonds is 3. The molecule has 1 aromatic rings. The van der Waals surface area contributed by atoms with Gasteiger partial charge in [0.15, 0.2) is 0 Å². The van der Waals surface area contributed by atoms with Gasteiger partial charge in [0.05, 0.1) is 5.33 Å². The number of amides is 1. The zero-order valence-electron chi connectivity index (χ0n) is 10.1. The number of hydrogen-bond donors (Lipinski definition) is 1. The van der Waals surface area contributed by atoms with Gasteiger partial charge in [0.1, 0.15) is 0 Å². The van der Waals surface area contributed by atoms with Crippen LogP contribution in [0.2, 0.25) is 0 Å². The predicted molar refractivity (Wildman–Crippen MR) is 93.7 cm³/mol. The Morgan fingerprint density at radius 3 is 1.90 bits per heavy atom. The SMILES string of the molecule is O=C(Nc1ccccc1)OC(CBr)(C(Cl)(Cl)Cl)C(Cl)(Cl)Cl. The van der Waals surface area contributed by atoms with Gasteiger partial charge in [-0.2, -0.15) is 0 Å². The Bertz CT molecular complexity index is 474. The summed E-state index contributed by atoms with van der Waals surface area (Å²) >= 11 is 38.0. The molecular weight excluding hydrogens is 471 g/mol. The highest BCUT2D eigenvalue weighted by molar-refractivity contribution is 9.09. The van der Waals surface area contributed by atoms with E-state index in [0.717, 1.165) is 0 Å². The lowest BCUT2D eigenvalue weighted by atomic mass is 10.1. The number of ether oxygens (including phenoxy) is 1. The number of carbonyl (C=O) groups is 1. The van der Waals surface area contributed by atoms with Crippen LogP contribution in [0.4, 0.5) is 10.5 Å². The molecule has 0 aliphatic carbocycles. The summed E-state index contributed by atoms with van der Waals surface area (Å²) in [5.74, 6) is 0. The van der Waals surface area contributed by atoms with Crippen molar-refractivity contribution in [3.8, 4) is 0 Å². The summed E-state index contributed by atoms with van der Waals surface area (Å²) in [4.78, 5) is 12.0. The number of nitrogens with one attached hydrogen (secondary N) is 1. The maximum atomic E-state index is 12.0. The molecule has 0 saturated carbocycles. The molecule has 21 heavy (non-hydrogen) atoms. The van der Waals surface area contributed by atoms with Crippen LogP contribution < -0.4 is 5.32 Å². The fourth-order valence-corrected chi connectivity index (χ4v) is 5.12. The predicted octanol–water partition coefficient (Wildman–Crippen LogP) is 6.11. The topological polar surface area (TPSA) is 38.3 Å². The first-order valence-corrected chi connectivity index (χ1v) is 8.67. The van der Waals surface area contributed by atoms with E-state index in [4.69, 9.17) is 74.3 Å². The Balaban J connectivity index is 3.00. The van der Waals surface area contributed by atoms with Crippen LogP contribution in [0, 0.1) is 0 Å². The van der Waals surface area contributed by atoms with E-state index in [1.54, 1.807) is 30.3 Å². The third-order valence-electron chi connectivity index (χ3n) is 2.39. The summed E-state index contributed by atoms with van der Waals surface area (Å²) < 4.78 is 0.762. The average molecular weight is 479 g/mol. The molecule has 1 N–H and O–H groups in total. The van der Waals surface area contributed by atoms with E-state index in [2.05, 4.69) is 21.2 Å². The highest BCUT2D eigenvalue weighted by Crippen LogP contribution is 2.54. The van der Waals surface area contributed by atoms with Gasteiger partial charge in [-0.05, 0) is 12.1 Å². The fourth-order valence-electron chi connectivity index (χ4n) is 1.28. The minimum atomic E-state index is -2.18. The van der Waals surface area contributed by atoms with Crippen molar-refractivity contribution in [2.45, 2.75) is 13.2 Å². The van der Waals surface area contributed by atoms with E-state index >= 15 is 0 Å². The molecule has 0 fully saturated rings. The molecule has 1 rings (SSSR count). The summed E-state index contributed by atoms with van der Waals surface area (Å²) in [5, 5.41) is 2.23. The number of halogens is 7. The molecule has 1 aromatic carbocycles. The van der Waals surface area contributed by atoms with Crippen molar-refractivity contribution < 1.29 is 9.53 Å². The largest absolute Gasteiger partial charge is 0.433 e. The molecular formula is C11H8BrCl6NO2. The number of anilines is 1. The van der Waals surface area contributed by atoms with Crippen molar-refractivity contribution in [2.75, 3.05) is 10.6 Å². The first-order valence-electron chi connectivity index (χ1n) is 5.28. The van der Waals surface area contributed by atoms with Crippen molar-refractivity contribution in [3.63, 3.8) is 0 Å². The van der Waals surface area contributed by atoms with Crippen molar-refractivity contribution in [3.05, 3.63) is 30.3 Å². The third-order valence-corrected chi connectivity index (χ3v) is 5.01. The molecule has 0 aromatic heterocycles. The molecule has 0 bridgehead atoms. The van der Waals surface area contributed by atoms with Gasteiger partial charge in [-0.25, -0.2) is 4.79 Å². The standard InChI is InChI=1S/C11H8BrCl6NO2/c12-6-9(10(13,14)15,11(16,17)18)21-8(20)19-7-4-2-1-3-5-7/h1-5H,6H2,(H,19,20). The van der Waals surface area contributed by atoms with Crippen molar-refractivity contribution in [2.24, 2.45) is 0 Å². The molecule has 0 saturated heterocycles. The van der Waals surface area contributed by atoms with Crippen LogP contribution in [0.25, 0.3) is 0 Å². The minimum absolute atomic E-state index is 0.213. The van der Waals surface area contributed by atoms with Crippen molar-refractivity contribution in [1.82, 2.24) is 0 Å². The monoisotopic (exact) mass is 475 g/mol. The Morgan fingerprint density at radius 2 is 1.52 bits per heavy atom. The van der Waals surface area contributed by atoms with Crippen LogP contribution in [0.3, 0.4) is 0 Å². The van der Waals surface area contributed by atoms with Gasteiger partial charge in [-0.15, -0.1) is 0 Å². The zero-order chi connectivity index (χ0) is 16.3. The highest BCUT2D eigenvalue weighted by atomic mass is 79.9. The minimum Gasteiger partial charge on any atom is -0.433 e. The lowest BCUT2D eigenvalue weighted by Crippen LogP contribution is -2.58. The third kappa shape index (κ3) is 4.84. The Labute approximate surface area is 160 Å². The van der Waals surface area contributed by atoms with Crippen LogP contribution in [0.15, 0.2) is 30.3 Å². The summed E-state index contributed by atoms with van der Waals surface area (Å²) in [7, 11) is 0. The molecule has 0 heterocycles. The molecule has 0 unspecified atom stereocenters. The molecule has 0 spiro atoms. The van der Waals surface area contributed by atoms with Gasteiger partial charge in [0.25, 0.3) is 0 Å². The van der Waals surface area contributed by atoms with Crippen LogP contribution in [0.1, 0.15) is 0 Å². The Kier molecular flexibility index (Phi) is 7.07. The summed E-state index contributed by atoms with van der Waals surface area (Å²) in [6.45, 7) is 0. The van der Waals surface area contributed by atoms with Crippen molar-refractivity contribution in [1.29, 1.82) is 0 Å². The summed E-state index contributed by atoms with van der Waals surface area (Å²) in [6, 6.07) is 8.50. The maximum absolute atomic E-state index is 12.0. The van der Waals surface area contributed by atoms with Crippen LogP contribution >= 0.6 is 85.5 Å².